The summed E-state index contributed by atoms with van der Waals surface area (Å²) in [6, 6.07) is 5.68. The number of carbonyl (C=O) groups is 1. The third-order valence-corrected chi connectivity index (χ3v) is 4.11. The molecule has 0 radical (unpaired) electrons. The molecule has 0 fully saturated rings. The van der Waals surface area contributed by atoms with Crippen LogP contribution in [0.15, 0.2) is 33.4 Å². The quantitative estimate of drug-likeness (QED) is 0.893. The smallest absolute Gasteiger partial charge is 0.372 e. The second-order valence-electron chi connectivity index (χ2n) is 4.36. The molecule has 0 bridgehead atoms. The lowest BCUT2D eigenvalue weighted by molar-refractivity contribution is 0.0661. The van der Waals surface area contributed by atoms with Crippen molar-refractivity contribution in [2.45, 2.75) is 20.4 Å². The fraction of sp³-hybridized carbons (Fsp3) is 0.214. The number of carboxylic acids is 1. The first kappa shape index (κ1) is 13.7. The summed E-state index contributed by atoms with van der Waals surface area (Å²) in [5.74, 6) is -1.07. The molecule has 1 aromatic carbocycles. The van der Waals surface area contributed by atoms with Gasteiger partial charge >= 0.3 is 5.97 Å². The van der Waals surface area contributed by atoms with E-state index in [1.807, 2.05) is 26.0 Å². The van der Waals surface area contributed by atoms with Gasteiger partial charge in [-0.3, -0.25) is 0 Å². The highest BCUT2D eigenvalue weighted by atomic mass is 79.9. The zero-order chi connectivity index (χ0) is 14.0. The SMILES string of the molecule is Cc1cc(NCc2ccoc2C(=O)O)cc(C)c1Br. The van der Waals surface area contributed by atoms with Gasteiger partial charge in [-0.05, 0) is 43.2 Å². The minimum absolute atomic E-state index is 0.0157. The van der Waals surface area contributed by atoms with Crippen LogP contribution in [0, 0.1) is 13.8 Å². The van der Waals surface area contributed by atoms with Crippen LogP contribution in [0.25, 0.3) is 0 Å². The maximum Gasteiger partial charge on any atom is 0.372 e. The predicted octanol–water partition coefficient (Wildman–Crippen LogP) is 3.97. The molecule has 100 valence electrons. The van der Waals surface area contributed by atoms with Gasteiger partial charge < -0.3 is 14.8 Å². The summed E-state index contributed by atoms with van der Waals surface area (Å²) in [6.45, 7) is 4.45. The second kappa shape index (κ2) is 5.48. The minimum atomic E-state index is -1.05. The van der Waals surface area contributed by atoms with Gasteiger partial charge in [0, 0.05) is 22.3 Å². The van der Waals surface area contributed by atoms with Gasteiger partial charge in [-0.25, -0.2) is 4.79 Å². The van der Waals surface area contributed by atoms with Crippen LogP contribution in [-0.2, 0) is 6.54 Å². The molecule has 0 saturated carbocycles. The molecule has 1 aromatic heterocycles. The summed E-state index contributed by atoms with van der Waals surface area (Å²) in [7, 11) is 0. The average Bonchev–Trinajstić information content (AvgIpc) is 2.81. The number of anilines is 1. The highest BCUT2D eigenvalue weighted by Crippen LogP contribution is 2.25. The summed E-state index contributed by atoms with van der Waals surface area (Å²) < 4.78 is 6.02. The molecule has 19 heavy (non-hydrogen) atoms. The van der Waals surface area contributed by atoms with Gasteiger partial charge in [-0.2, -0.15) is 0 Å². The molecule has 2 N–H and O–H groups in total. The van der Waals surface area contributed by atoms with Crippen molar-refractivity contribution in [1.29, 1.82) is 0 Å². The van der Waals surface area contributed by atoms with Gasteiger partial charge in [0.15, 0.2) is 0 Å². The summed E-state index contributed by atoms with van der Waals surface area (Å²) >= 11 is 3.51. The largest absolute Gasteiger partial charge is 0.475 e. The van der Waals surface area contributed by atoms with E-state index in [2.05, 4.69) is 21.2 Å². The molecule has 5 heteroatoms. The van der Waals surface area contributed by atoms with Crippen molar-refractivity contribution in [3.8, 4) is 0 Å². The van der Waals surface area contributed by atoms with Gasteiger partial charge in [-0.1, -0.05) is 15.9 Å². The van der Waals surface area contributed by atoms with E-state index in [-0.39, 0.29) is 5.76 Å². The first-order valence-electron chi connectivity index (χ1n) is 5.79. The molecule has 0 spiro atoms. The van der Waals surface area contributed by atoms with E-state index in [4.69, 9.17) is 9.52 Å². The summed E-state index contributed by atoms with van der Waals surface area (Å²) in [4.78, 5) is 10.9. The number of benzene rings is 1. The zero-order valence-electron chi connectivity index (χ0n) is 10.7. The Morgan fingerprint density at radius 2 is 2.00 bits per heavy atom. The molecular formula is C14H14BrNO3. The predicted molar refractivity (Wildman–Crippen MR) is 76.6 cm³/mol. The highest BCUT2D eigenvalue weighted by molar-refractivity contribution is 9.10. The lowest BCUT2D eigenvalue weighted by Gasteiger charge is -2.10. The third kappa shape index (κ3) is 2.98. The van der Waals surface area contributed by atoms with E-state index in [1.54, 1.807) is 6.07 Å². The van der Waals surface area contributed by atoms with Crippen LogP contribution >= 0.6 is 15.9 Å². The molecule has 0 saturated heterocycles. The van der Waals surface area contributed by atoms with Crippen molar-refractivity contribution < 1.29 is 14.3 Å². The fourth-order valence-electron chi connectivity index (χ4n) is 1.91. The zero-order valence-corrected chi connectivity index (χ0v) is 12.2. The molecule has 2 aromatic rings. The van der Waals surface area contributed by atoms with E-state index in [0.717, 1.165) is 21.3 Å². The Labute approximate surface area is 119 Å². The highest BCUT2D eigenvalue weighted by Gasteiger charge is 2.13. The molecular weight excluding hydrogens is 310 g/mol. The lowest BCUT2D eigenvalue weighted by atomic mass is 10.1. The second-order valence-corrected chi connectivity index (χ2v) is 5.15. The Morgan fingerprint density at radius 3 is 2.58 bits per heavy atom. The van der Waals surface area contributed by atoms with Crippen LogP contribution in [0.1, 0.15) is 27.2 Å². The first-order chi connectivity index (χ1) is 8.99. The third-order valence-electron chi connectivity index (χ3n) is 2.86. The Kier molecular flexibility index (Phi) is 3.95. The lowest BCUT2D eigenvalue weighted by Crippen LogP contribution is -2.05. The minimum Gasteiger partial charge on any atom is -0.475 e. The van der Waals surface area contributed by atoms with E-state index >= 15 is 0 Å². The van der Waals surface area contributed by atoms with Gasteiger partial charge in [0.1, 0.15) is 0 Å². The molecule has 0 unspecified atom stereocenters. The molecule has 4 nitrogen and oxygen atoms in total. The Bertz CT molecular complexity index is 596. The van der Waals surface area contributed by atoms with Crippen molar-refractivity contribution in [2.75, 3.05) is 5.32 Å². The van der Waals surface area contributed by atoms with Crippen molar-refractivity contribution >= 4 is 27.6 Å². The van der Waals surface area contributed by atoms with Crippen LogP contribution in [0.5, 0.6) is 0 Å². The Balaban J connectivity index is 2.15. The number of hydrogen-bond acceptors (Lipinski definition) is 3. The standard InChI is InChI=1S/C14H14BrNO3/c1-8-5-11(6-9(2)12(8)15)16-7-10-3-4-19-13(10)14(17)18/h3-6,16H,7H2,1-2H3,(H,17,18). The Hall–Kier alpha value is -1.75. The van der Waals surface area contributed by atoms with Crippen molar-refractivity contribution in [3.05, 3.63) is 51.4 Å². The molecule has 0 aliphatic rings. The normalized spacial score (nSPS) is 10.5. The number of aromatic carboxylic acids is 1. The van der Waals surface area contributed by atoms with E-state index < -0.39 is 5.97 Å². The van der Waals surface area contributed by atoms with Gasteiger partial charge in [0.2, 0.25) is 5.76 Å². The van der Waals surface area contributed by atoms with Crippen molar-refractivity contribution in [1.82, 2.24) is 0 Å². The number of carboxylic acid groups (broad SMARTS) is 1. The molecule has 1 heterocycles. The van der Waals surface area contributed by atoms with Gasteiger partial charge in [0.25, 0.3) is 0 Å². The molecule has 0 aliphatic heterocycles. The van der Waals surface area contributed by atoms with Gasteiger partial charge in [-0.15, -0.1) is 0 Å². The first-order valence-corrected chi connectivity index (χ1v) is 6.58. The summed E-state index contributed by atoms with van der Waals surface area (Å²) in [6.07, 6.45) is 1.39. The average molecular weight is 324 g/mol. The van der Waals surface area contributed by atoms with E-state index in [0.29, 0.717) is 12.1 Å². The van der Waals surface area contributed by atoms with Crippen molar-refractivity contribution in [2.24, 2.45) is 0 Å². The molecule has 2 rings (SSSR count). The number of nitrogens with one attached hydrogen (secondary N) is 1. The topological polar surface area (TPSA) is 62.5 Å². The molecule has 0 aliphatic carbocycles. The maximum absolute atomic E-state index is 10.9. The molecule has 0 atom stereocenters. The van der Waals surface area contributed by atoms with E-state index in [1.165, 1.54) is 6.26 Å². The van der Waals surface area contributed by atoms with E-state index in [9.17, 15) is 4.79 Å². The summed E-state index contributed by atoms with van der Waals surface area (Å²) in [5.41, 5.74) is 3.85. The number of aryl methyl sites for hydroxylation is 2. The number of hydrogen-bond donors (Lipinski definition) is 2. The summed E-state index contributed by atoms with van der Waals surface area (Å²) in [5, 5.41) is 12.2. The monoisotopic (exact) mass is 323 g/mol. The van der Waals surface area contributed by atoms with Crippen LogP contribution in [0.3, 0.4) is 0 Å². The van der Waals surface area contributed by atoms with Crippen LogP contribution < -0.4 is 5.32 Å². The fourth-order valence-corrected chi connectivity index (χ4v) is 2.14. The van der Waals surface area contributed by atoms with Gasteiger partial charge in [0.05, 0.1) is 6.26 Å². The van der Waals surface area contributed by atoms with Crippen LogP contribution in [-0.4, -0.2) is 11.1 Å². The van der Waals surface area contributed by atoms with Crippen molar-refractivity contribution in [3.63, 3.8) is 0 Å². The number of halogens is 1. The maximum atomic E-state index is 10.9. The Morgan fingerprint density at radius 1 is 1.37 bits per heavy atom. The van der Waals surface area contributed by atoms with Crippen LogP contribution in [0.4, 0.5) is 5.69 Å². The number of furan rings is 1. The molecule has 0 amide bonds. The van der Waals surface area contributed by atoms with Crippen LogP contribution in [0.2, 0.25) is 0 Å². The number of rotatable bonds is 4.